The van der Waals surface area contributed by atoms with Crippen LogP contribution in [0.25, 0.3) is 10.8 Å². The predicted octanol–water partition coefficient (Wildman–Crippen LogP) is 4.59. The monoisotopic (exact) mass is 411 g/mol. The van der Waals surface area contributed by atoms with E-state index in [4.69, 9.17) is 4.74 Å². The van der Waals surface area contributed by atoms with Gasteiger partial charge in [-0.1, -0.05) is 36.4 Å². The number of benzene rings is 3. The Hall–Kier alpha value is -3.47. The second-order valence-corrected chi connectivity index (χ2v) is 8.85. The molecule has 5 nitrogen and oxygen atoms in total. The normalized spacial score (nSPS) is 26.5. The third-order valence-corrected chi connectivity index (χ3v) is 7.20. The number of hydrogen-bond donors (Lipinski definition) is 0. The molecule has 6 rings (SSSR count). The van der Waals surface area contributed by atoms with E-state index in [-0.39, 0.29) is 23.7 Å². The Bertz CT molecular complexity index is 1220. The molecule has 5 heteroatoms. The van der Waals surface area contributed by atoms with Crippen LogP contribution in [-0.4, -0.2) is 17.8 Å². The summed E-state index contributed by atoms with van der Waals surface area (Å²) in [6.45, 7) is 0. The summed E-state index contributed by atoms with van der Waals surface area (Å²) in [6, 6.07) is 20.0. The topological polar surface area (TPSA) is 63.7 Å². The summed E-state index contributed by atoms with van der Waals surface area (Å²) in [7, 11) is 0. The van der Waals surface area contributed by atoms with Gasteiger partial charge in [0.05, 0.1) is 23.1 Å². The maximum absolute atomic E-state index is 13.1. The molecule has 0 spiro atoms. The number of ether oxygens (including phenoxy) is 1. The second kappa shape index (κ2) is 6.77. The van der Waals surface area contributed by atoms with Gasteiger partial charge in [0, 0.05) is 0 Å². The van der Waals surface area contributed by atoms with Crippen molar-refractivity contribution in [2.75, 3.05) is 4.90 Å². The van der Waals surface area contributed by atoms with Crippen LogP contribution in [0.5, 0.6) is 5.75 Å². The number of anilines is 1. The van der Waals surface area contributed by atoms with Crippen LogP contribution in [0.1, 0.15) is 29.6 Å². The van der Waals surface area contributed by atoms with Gasteiger partial charge in [-0.05, 0) is 72.2 Å². The number of carbonyl (C=O) groups is 3. The van der Waals surface area contributed by atoms with E-state index in [1.54, 1.807) is 30.3 Å². The maximum Gasteiger partial charge on any atom is 0.343 e. The lowest BCUT2D eigenvalue weighted by atomic mass is 9.81. The van der Waals surface area contributed by atoms with Gasteiger partial charge in [0.15, 0.2) is 0 Å². The molecule has 1 aliphatic heterocycles. The lowest BCUT2D eigenvalue weighted by Crippen LogP contribution is -2.32. The van der Waals surface area contributed by atoms with Crippen molar-refractivity contribution in [1.82, 2.24) is 0 Å². The highest BCUT2D eigenvalue weighted by Gasteiger charge is 2.61. The van der Waals surface area contributed by atoms with Crippen LogP contribution < -0.4 is 9.64 Å². The van der Waals surface area contributed by atoms with Gasteiger partial charge >= 0.3 is 5.97 Å². The molecule has 2 bridgehead atoms. The molecule has 4 atom stereocenters. The van der Waals surface area contributed by atoms with Crippen LogP contribution in [0, 0.1) is 23.7 Å². The van der Waals surface area contributed by atoms with Crippen molar-refractivity contribution < 1.29 is 19.1 Å². The lowest BCUT2D eigenvalue weighted by molar-refractivity contribution is -0.123. The summed E-state index contributed by atoms with van der Waals surface area (Å²) < 4.78 is 5.57. The second-order valence-electron chi connectivity index (χ2n) is 8.85. The van der Waals surface area contributed by atoms with E-state index >= 15 is 0 Å². The molecule has 3 aromatic rings. The Balaban J connectivity index is 1.26. The fourth-order valence-electron chi connectivity index (χ4n) is 5.83. The van der Waals surface area contributed by atoms with E-state index < -0.39 is 5.97 Å². The standard InChI is InChI=1S/C26H21NO4/c28-24-22-17-8-9-18(12-17)23(22)25(29)27(24)20-7-3-6-19(13-20)26(30)31-21-11-10-15-4-1-2-5-16(15)14-21/h1-7,10-11,13-14,17-18,22-23H,8-9,12H2/t17-,18-,22-,23+/m0/s1. The minimum Gasteiger partial charge on any atom is -0.423 e. The molecule has 0 aromatic heterocycles. The van der Waals surface area contributed by atoms with Gasteiger partial charge in [-0.2, -0.15) is 0 Å². The number of rotatable bonds is 3. The number of fused-ring (bicyclic) bond motifs is 6. The molecule has 0 N–H and O–H groups in total. The van der Waals surface area contributed by atoms with Crippen LogP contribution >= 0.6 is 0 Å². The Labute approximate surface area is 179 Å². The van der Waals surface area contributed by atoms with Gasteiger partial charge in [0.1, 0.15) is 5.75 Å². The molecule has 0 unspecified atom stereocenters. The Morgan fingerprint density at radius 1 is 0.806 bits per heavy atom. The first-order chi connectivity index (χ1) is 15.1. The van der Waals surface area contributed by atoms with Gasteiger partial charge in [-0.15, -0.1) is 0 Å². The highest BCUT2D eigenvalue weighted by atomic mass is 16.5. The Morgan fingerprint density at radius 2 is 1.52 bits per heavy atom. The van der Waals surface area contributed by atoms with Crippen molar-refractivity contribution in [3.63, 3.8) is 0 Å². The molecular formula is C26H21NO4. The van der Waals surface area contributed by atoms with Gasteiger partial charge in [0.25, 0.3) is 0 Å². The first kappa shape index (κ1) is 18.3. The smallest absolute Gasteiger partial charge is 0.343 e. The third kappa shape index (κ3) is 2.80. The quantitative estimate of drug-likeness (QED) is 0.359. The summed E-state index contributed by atoms with van der Waals surface area (Å²) in [5.74, 6) is 0.0171. The molecule has 2 saturated carbocycles. The zero-order valence-electron chi connectivity index (χ0n) is 16.9. The van der Waals surface area contributed by atoms with E-state index in [1.165, 1.54) is 4.90 Å². The molecule has 3 aliphatic rings. The van der Waals surface area contributed by atoms with E-state index in [0.717, 1.165) is 30.0 Å². The number of nitrogens with zero attached hydrogens (tertiary/aromatic N) is 1. The summed E-state index contributed by atoms with van der Waals surface area (Å²) in [4.78, 5) is 40.2. The SMILES string of the molecule is O=C(Oc1ccc2ccccc2c1)c1cccc(N2C(=O)[C@@H]3[C@H]4CC[C@@H](C4)[C@@H]3C2=O)c1. The minimum atomic E-state index is -0.517. The Morgan fingerprint density at radius 3 is 2.26 bits per heavy atom. The molecule has 2 amide bonds. The van der Waals surface area contributed by atoms with Crippen LogP contribution in [-0.2, 0) is 9.59 Å². The number of imide groups is 1. The minimum absolute atomic E-state index is 0.109. The van der Waals surface area contributed by atoms with E-state index in [2.05, 4.69) is 0 Å². The highest BCUT2D eigenvalue weighted by Crippen LogP contribution is 2.56. The number of hydrogen-bond acceptors (Lipinski definition) is 4. The van der Waals surface area contributed by atoms with Crippen LogP contribution in [0.4, 0.5) is 5.69 Å². The average Bonchev–Trinajstić information content (AvgIpc) is 3.47. The van der Waals surface area contributed by atoms with E-state index in [0.29, 0.717) is 28.8 Å². The predicted molar refractivity (Wildman–Crippen MR) is 116 cm³/mol. The fraction of sp³-hybridized carbons (Fsp3) is 0.269. The molecule has 3 fully saturated rings. The highest BCUT2D eigenvalue weighted by molar-refractivity contribution is 6.22. The first-order valence-electron chi connectivity index (χ1n) is 10.8. The summed E-state index contributed by atoms with van der Waals surface area (Å²) in [5.41, 5.74) is 0.767. The van der Waals surface area contributed by atoms with Gasteiger partial charge in [-0.3, -0.25) is 14.5 Å². The van der Waals surface area contributed by atoms with E-state index in [9.17, 15) is 14.4 Å². The van der Waals surface area contributed by atoms with Crippen molar-refractivity contribution >= 4 is 34.2 Å². The molecule has 1 saturated heterocycles. The van der Waals surface area contributed by atoms with E-state index in [1.807, 2.05) is 36.4 Å². The van der Waals surface area contributed by atoms with Crippen LogP contribution in [0.3, 0.4) is 0 Å². The maximum atomic E-state index is 13.1. The fourth-order valence-corrected chi connectivity index (χ4v) is 5.83. The van der Waals surface area contributed by atoms with Crippen molar-refractivity contribution in [2.24, 2.45) is 23.7 Å². The molecule has 1 heterocycles. The largest absolute Gasteiger partial charge is 0.423 e. The zero-order valence-corrected chi connectivity index (χ0v) is 16.9. The lowest BCUT2D eigenvalue weighted by Gasteiger charge is -2.19. The zero-order chi connectivity index (χ0) is 21.1. The molecular weight excluding hydrogens is 390 g/mol. The Kier molecular flexibility index (Phi) is 4.00. The van der Waals surface area contributed by atoms with Crippen molar-refractivity contribution in [3.05, 3.63) is 72.3 Å². The number of esters is 1. The van der Waals surface area contributed by atoms with Crippen molar-refractivity contribution in [1.29, 1.82) is 0 Å². The summed E-state index contributed by atoms with van der Waals surface area (Å²) in [6.07, 6.45) is 3.08. The summed E-state index contributed by atoms with van der Waals surface area (Å²) >= 11 is 0. The average molecular weight is 411 g/mol. The van der Waals surface area contributed by atoms with Crippen LogP contribution in [0.2, 0.25) is 0 Å². The summed E-state index contributed by atoms with van der Waals surface area (Å²) in [5, 5.41) is 2.05. The molecule has 0 radical (unpaired) electrons. The number of amides is 2. The van der Waals surface area contributed by atoms with Crippen molar-refractivity contribution in [3.8, 4) is 5.75 Å². The van der Waals surface area contributed by atoms with Crippen molar-refractivity contribution in [2.45, 2.75) is 19.3 Å². The van der Waals surface area contributed by atoms with Gasteiger partial charge in [-0.25, -0.2) is 4.79 Å². The third-order valence-electron chi connectivity index (χ3n) is 7.20. The van der Waals surface area contributed by atoms with Gasteiger partial charge in [0.2, 0.25) is 11.8 Å². The molecule has 31 heavy (non-hydrogen) atoms. The molecule has 3 aromatic carbocycles. The molecule has 154 valence electrons. The number of carbonyl (C=O) groups excluding carboxylic acids is 3. The molecule has 2 aliphatic carbocycles. The van der Waals surface area contributed by atoms with Crippen LogP contribution in [0.15, 0.2) is 66.7 Å². The first-order valence-corrected chi connectivity index (χ1v) is 10.8. The van der Waals surface area contributed by atoms with Gasteiger partial charge < -0.3 is 4.74 Å².